The Bertz CT molecular complexity index is 4470. The second kappa shape index (κ2) is 17.8. The summed E-state index contributed by atoms with van der Waals surface area (Å²) in [5.74, 6) is 0.828. The summed E-state index contributed by atoms with van der Waals surface area (Å²) < 4.78 is 4.93. The van der Waals surface area contributed by atoms with Crippen LogP contribution in [0.1, 0.15) is 54.0 Å². The number of amidine groups is 1. The van der Waals surface area contributed by atoms with Gasteiger partial charge in [0.15, 0.2) is 0 Å². The van der Waals surface area contributed by atoms with Crippen molar-refractivity contribution >= 4 is 49.4 Å². The molecule has 0 fully saturated rings. The van der Waals surface area contributed by atoms with E-state index in [1.165, 1.54) is 77.1 Å². The molecule has 366 valence electrons. The van der Waals surface area contributed by atoms with E-state index in [9.17, 15) is 0 Å². The maximum atomic E-state index is 5.71. The normalized spacial score (nSPS) is 15.6. The van der Waals surface area contributed by atoms with Gasteiger partial charge in [0, 0.05) is 38.2 Å². The zero-order valence-corrected chi connectivity index (χ0v) is 42.8. The highest BCUT2D eigenvalue weighted by Gasteiger charge is 2.36. The Labute approximate surface area is 448 Å². The fourth-order valence-electron chi connectivity index (χ4n) is 12.8. The van der Waals surface area contributed by atoms with Crippen LogP contribution in [0.2, 0.25) is 0 Å². The minimum Gasteiger partial charge on any atom is -0.350 e. The summed E-state index contributed by atoms with van der Waals surface area (Å²) in [6.07, 6.45) is -0.564. The molecule has 77 heavy (non-hydrogen) atoms. The Morgan fingerprint density at radius 2 is 0.935 bits per heavy atom. The standard InChI is InChI=1S/C72H53N5/c1-72(2)60-33-17-15-29-53(60)59-43-51(39-42-61(59)72)70-73-69(48-25-11-5-12-26-48)74-71(75-70)58-41-38-50(47-23-9-4-10-24-47)45-66(58)77-62-34-18-16-30-56(62)67-54(32-20-36-64(67)77)55-31-19-35-63-68(55)57-40-37-49(46-21-7-3-8-22-46)44-65(57)76(63)52-27-13-6-14-28-52/h3-45,69-70,73H,1-2H3,(H,74,75). The molecule has 2 atom stereocenters. The summed E-state index contributed by atoms with van der Waals surface area (Å²) in [6.45, 7) is 4.68. The van der Waals surface area contributed by atoms with E-state index in [-0.39, 0.29) is 17.7 Å². The van der Waals surface area contributed by atoms with Gasteiger partial charge in [0.1, 0.15) is 18.2 Å². The second-order valence-electron chi connectivity index (χ2n) is 21.1. The van der Waals surface area contributed by atoms with Crippen LogP contribution in [0.5, 0.6) is 0 Å². The van der Waals surface area contributed by atoms with Crippen molar-refractivity contribution in [2.45, 2.75) is 31.6 Å². The van der Waals surface area contributed by atoms with Crippen LogP contribution in [0.15, 0.2) is 266 Å². The van der Waals surface area contributed by atoms with Crippen LogP contribution in [0.4, 0.5) is 0 Å². The Balaban J connectivity index is 0.960. The van der Waals surface area contributed by atoms with E-state index in [1.54, 1.807) is 0 Å². The predicted molar refractivity (Wildman–Crippen MR) is 320 cm³/mol. The molecule has 11 aromatic carbocycles. The van der Waals surface area contributed by atoms with Crippen LogP contribution in [-0.2, 0) is 5.41 Å². The van der Waals surface area contributed by atoms with Gasteiger partial charge >= 0.3 is 0 Å². The lowest BCUT2D eigenvalue weighted by molar-refractivity contribution is 0.409. The summed E-state index contributed by atoms with van der Waals surface area (Å²) in [5.41, 5.74) is 22.3. The van der Waals surface area contributed by atoms with Crippen LogP contribution in [-0.4, -0.2) is 15.0 Å². The molecule has 0 saturated carbocycles. The van der Waals surface area contributed by atoms with Gasteiger partial charge in [-0.2, -0.15) is 0 Å². The molecule has 15 rings (SSSR count). The number of hydrogen-bond acceptors (Lipinski definition) is 3. The molecule has 0 amide bonds. The van der Waals surface area contributed by atoms with Crippen molar-refractivity contribution in [2.75, 3.05) is 0 Å². The third-order valence-electron chi connectivity index (χ3n) is 16.4. The summed E-state index contributed by atoms with van der Waals surface area (Å²) in [6, 6.07) is 95.3. The average Bonchev–Trinajstić information content (AvgIpc) is 4.26. The van der Waals surface area contributed by atoms with E-state index in [1.807, 2.05) is 0 Å². The van der Waals surface area contributed by atoms with E-state index >= 15 is 0 Å². The fourth-order valence-corrected chi connectivity index (χ4v) is 12.8. The number of aromatic nitrogens is 2. The number of aliphatic imine (C=N–C) groups is 1. The van der Waals surface area contributed by atoms with E-state index in [0.717, 1.165) is 56.1 Å². The number of para-hydroxylation sites is 2. The number of rotatable bonds is 8. The lowest BCUT2D eigenvalue weighted by atomic mass is 9.82. The molecule has 1 aliphatic heterocycles. The lowest BCUT2D eigenvalue weighted by Crippen LogP contribution is -2.45. The van der Waals surface area contributed by atoms with Gasteiger partial charge < -0.3 is 14.5 Å². The third kappa shape index (κ3) is 7.23. The molecular formula is C72H53N5. The number of fused-ring (bicyclic) bond motifs is 9. The van der Waals surface area contributed by atoms with Gasteiger partial charge in [-0.3, -0.25) is 5.32 Å². The number of hydrogen-bond donors (Lipinski definition) is 2. The highest BCUT2D eigenvalue weighted by molar-refractivity contribution is 6.23. The van der Waals surface area contributed by atoms with E-state index in [4.69, 9.17) is 4.99 Å². The highest BCUT2D eigenvalue weighted by atomic mass is 15.3. The molecular weight excluding hydrogens is 935 g/mol. The Kier molecular flexibility index (Phi) is 10.4. The molecule has 0 radical (unpaired) electrons. The summed E-state index contributed by atoms with van der Waals surface area (Å²) in [4.78, 5) is 5.71. The molecule has 2 unspecified atom stereocenters. The lowest BCUT2D eigenvalue weighted by Gasteiger charge is -2.33. The maximum absolute atomic E-state index is 5.71. The number of nitrogens with zero attached hydrogens (tertiary/aromatic N) is 3. The van der Waals surface area contributed by atoms with Gasteiger partial charge in [-0.15, -0.1) is 0 Å². The van der Waals surface area contributed by atoms with E-state index in [0.29, 0.717) is 0 Å². The van der Waals surface area contributed by atoms with Gasteiger partial charge in [0.25, 0.3) is 0 Å². The van der Waals surface area contributed by atoms with Crippen LogP contribution in [0, 0.1) is 0 Å². The van der Waals surface area contributed by atoms with Crippen LogP contribution in [0.3, 0.4) is 0 Å². The van der Waals surface area contributed by atoms with Gasteiger partial charge in [-0.05, 0) is 121 Å². The van der Waals surface area contributed by atoms with Gasteiger partial charge in [0.2, 0.25) is 0 Å². The Hall–Kier alpha value is -9.55. The first kappa shape index (κ1) is 44.9. The summed E-state index contributed by atoms with van der Waals surface area (Å²) >= 11 is 0. The first-order valence-corrected chi connectivity index (χ1v) is 26.8. The van der Waals surface area contributed by atoms with Crippen LogP contribution in [0.25, 0.3) is 99.5 Å². The molecule has 2 aliphatic rings. The predicted octanol–water partition coefficient (Wildman–Crippen LogP) is 17.5. The first-order valence-electron chi connectivity index (χ1n) is 26.8. The van der Waals surface area contributed by atoms with Crippen molar-refractivity contribution < 1.29 is 0 Å². The fraction of sp³-hybridized carbons (Fsp3) is 0.0694. The van der Waals surface area contributed by atoms with Crippen LogP contribution < -0.4 is 10.6 Å². The number of benzene rings is 11. The van der Waals surface area contributed by atoms with Gasteiger partial charge in [0.05, 0.1) is 27.8 Å². The second-order valence-corrected chi connectivity index (χ2v) is 21.1. The largest absolute Gasteiger partial charge is 0.350 e. The molecule has 2 N–H and O–H groups in total. The van der Waals surface area contributed by atoms with Gasteiger partial charge in [-0.1, -0.05) is 220 Å². The van der Waals surface area contributed by atoms with Crippen molar-refractivity contribution in [1.29, 1.82) is 0 Å². The van der Waals surface area contributed by atoms with Crippen LogP contribution >= 0.6 is 0 Å². The third-order valence-corrected chi connectivity index (χ3v) is 16.4. The first-order chi connectivity index (χ1) is 38.0. The molecule has 0 bridgehead atoms. The van der Waals surface area contributed by atoms with Crippen molar-refractivity contribution in [3.05, 3.63) is 289 Å². The van der Waals surface area contributed by atoms with Crippen molar-refractivity contribution in [1.82, 2.24) is 19.8 Å². The smallest absolute Gasteiger partial charge is 0.134 e. The highest BCUT2D eigenvalue weighted by Crippen LogP contribution is 2.50. The van der Waals surface area contributed by atoms with E-state index in [2.05, 4.69) is 294 Å². The molecule has 3 heterocycles. The zero-order valence-electron chi connectivity index (χ0n) is 42.8. The molecule has 1 aliphatic carbocycles. The summed E-state index contributed by atoms with van der Waals surface area (Å²) in [7, 11) is 0. The molecule has 0 spiro atoms. The van der Waals surface area contributed by atoms with Crippen molar-refractivity contribution in [3.8, 4) is 55.9 Å². The minimum absolute atomic E-state index is 0.0925. The van der Waals surface area contributed by atoms with Crippen molar-refractivity contribution in [2.24, 2.45) is 4.99 Å². The quantitative estimate of drug-likeness (QED) is 0.159. The zero-order chi connectivity index (χ0) is 51.2. The molecule has 5 nitrogen and oxygen atoms in total. The SMILES string of the molecule is CC1(C)c2ccccc2-c2cc(C3N=C(c4ccc(-c5ccccc5)cc4-n4c5ccccc5c5c(-c6cccc7c6c6ccc(-c8ccccc8)cc6n7-c6ccccc6)cccc54)NC(c4ccccc4)N3)ccc21. The maximum Gasteiger partial charge on any atom is 0.134 e. The topological polar surface area (TPSA) is 46.3 Å². The average molecular weight is 988 g/mol. The molecule has 0 saturated heterocycles. The number of nitrogens with one attached hydrogen (secondary N) is 2. The summed E-state index contributed by atoms with van der Waals surface area (Å²) in [5, 5.41) is 12.7. The van der Waals surface area contributed by atoms with E-state index < -0.39 is 0 Å². The molecule has 2 aromatic heterocycles. The van der Waals surface area contributed by atoms with Gasteiger partial charge in [-0.25, -0.2) is 4.99 Å². The molecule has 13 aromatic rings. The Morgan fingerprint density at radius 1 is 0.377 bits per heavy atom. The monoisotopic (exact) mass is 987 g/mol. The Morgan fingerprint density at radius 3 is 1.66 bits per heavy atom. The van der Waals surface area contributed by atoms with Crippen molar-refractivity contribution in [3.63, 3.8) is 0 Å². The minimum atomic E-state index is -0.341. The molecule has 5 heteroatoms.